The van der Waals surface area contributed by atoms with Crippen LogP contribution in [-0.2, 0) is 4.57 Å². The maximum atomic E-state index is 10.3. The second kappa shape index (κ2) is 4.09. The molecule has 0 heterocycles. The lowest BCUT2D eigenvalue weighted by Gasteiger charge is -2.08. The third-order valence-electron chi connectivity index (χ3n) is 1.32. The topological polar surface area (TPSA) is 83.6 Å². The van der Waals surface area contributed by atoms with E-state index >= 15 is 0 Å². The standard InChI is InChI=1S/C5H14NO3P/c1-2-5(6)3-4-10(7,8)9/h5H,2-4,6H2,1H3,(H2,7,8,9). The van der Waals surface area contributed by atoms with E-state index in [0.717, 1.165) is 6.42 Å². The summed E-state index contributed by atoms with van der Waals surface area (Å²) in [5.41, 5.74) is 5.44. The molecular weight excluding hydrogens is 153 g/mol. The Bertz CT molecular complexity index is 133. The predicted octanol–water partition coefficient (Wildman–Crippen LogP) is 0.291. The molecule has 1 unspecified atom stereocenters. The monoisotopic (exact) mass is 167 g/mol. The van der Waals surface area contributed by atoms with Crippen molar-refractivity contribution in [3.05, 3.63) is 0 Å². The van der Waals surface area contributed by atoms with Gasteiger partial charge in [-0.1, -0.05) is 6.92 Å². The Balaban J connectivity index is 3.46. The van der Waals surface area contributed by atoms with Crippen LogP contribution in [0.3, 0.4) is 0 Å². The average molecular weight is 167 g/mol. The normalized spacial score (nSPS) is 15.2. The van der Waals surface area contributed by atoms with Gasteiger partial charge in [-0.3, -0.25) is 4.57 Å². The van der Waals surface area contributed by atoms with Gasteiger partial charge < -0.3 is 15.5 Å². The molecule has 4 nitrogen and oxygen atoms in total. The molecule has 1 atom stereocenters. The molecule has 0 aromatic carbocycles. The highest BCUT2D eigenvalue weighted by Gasteiger charge is 2.13. The minimum absolute atomic E-state index is 0.0763. The summed E-state index contributed by atoms with van der Waals surface area (Å²) in [6.07, 6.45) is 1.07. The van der Waals surface area contributed by atoms with E-state index in [0.29, 0.717) is 6.42 Å². The second-order valence-electron chi connectivity index (χ2n) is 2.35. The summed E-state index contributed by atoms with van der Waals surface area (Å²) in [6, 6.07) is -0.0763. The predicted molar refractivity (Wildman–Crippen MR) is 39.8 cm³/mol. The highest BCUT2D eigenvalue weighted by Crippen LogP contribution is 2.35. The molecule has 10 heavy (non-hydrogen) atoms. The Morgan fingerprint density at radius 2 is 2.10 bits per heavy atom. The first-order chi connectivity index (χ1) is 4.45. The largest absolute Gasteiger partial charge is 0.328 e. The van der Waals surface area contributed by atoms with Gasteiger partial charge in [0.05, 0.1) is 6.16 Å². The molecule has 0 fully saturated rings. The van der Waals surface area contributed by atoms with E-state index in [9.17, 15) is 4.57 Å². The Labute approximate surface area is 60.6 Å². The van der Waals surface area contributed by atoms with Gasteiger partial charge in [0.15, 0.2) is 0 Å². The number of hydrogen-bond acceptors (Lipinski definition) is 2. The number of hydrogen-bond donors (Lipinski definition) is 3. The summed E-state index contributed by atoms with van der Waals surface area (Å²) < 4.78 is 10.3. The molecule has 0 radical (unpaired) electrons. The molecule has 0 aromatic rings. The lowest BCUT2D eigenvalue weighted by molar-refractivity contribution is 0.369. The van der Waals surface area contributed by atoms with Crippen LogP contribution in [0.5, 0.6) is 0 Å². The first kappa shape index (κ1) is 10.1. The molecular formula is C5H14NO3P. The average Bonchev–Trinajstić information content (AvgIpc) is 1.81. The molecule has 0 bridgehead atoms. The van der Waals surface area contributed by atoms with Crippen LogP contribution in [0.4, 0.5) is 0 Å². The van der Waals surface area contributed by atoms with E-state index in [4.69, 9.17) is 15.5 Å². The van der Waals surface area contributed by atoms with Crippen LogP contribution in [0, 0.1) is 0 Å². The molecule has 0 aromatic heterocycles. The molecule has 0 aliphatic heterocycles. The molecule has 0 amide bonds. The lowest BCUT2D eigenvalue weighted by Crippen LogP contribution is -2.19. The number of rotatable bonds is 4. The minimum atomic E-state index is -3.81. The number of nitrogens with two attached hydrogens (primary N) is 1. The summed E-state index contributed by atoms with van der Waals surface area (Å²) in [7, 11) is -3.81. The van der Waals surface area contributed by atoms with E-state index in [-0.39, 0.29) is 12.2 Å². The van der Waals surface area contributed by atoms with Gasteiger partial charge in [-0.2, -0.15) is 0 Å². The van der Waals surface area contributed by atoms with Crippen molar-refractivity contribution in [1.29, 1.82) is 0 Å². The van der Waals surface area contributed by atoms with Crippen LogP contribution in [0.1, 0.15) is 19.8 Å². The zero-order valence-corrected chi connectivity index (χ0v) is 6.92. The van der Waals surface area contributed by atoms with Gasteiger partial charge >= 0.3 is 7.60 Å². The molecule has 4 N–H and O–H groups in total. The quantitative estimate of drug-likeness (QED) is 0.525. The fourth-order valence-electron chi connectivity index (χ4n) is 0.538. The Kier molecular flexibility index (Phi) is 4.13. The smallest absolute Gasteiger partial charge is 0.325 e. The van der Waals surface area contributed by atoms with Gasteiger partial charge in [0.25, 0.3) is 0 Å². The van der Waals surface area contributed by atoms with E-state index in [1.54, 1.807) is 0 Å². The van der Waals surface area contributed by atoms with E-state index in [2.05, 4.69) is 0 Å². The van der Waals surface area contributed by atoms with Crippen molar-refractivity contribution < 1.29 is 14.4 Å². The zero-order valence-electron chi connectivity index (χ0n) is 6.03. The third-order valence-corrected chi connectivity index (χ3v) is 2.16. The van der Waals surface area contributed by atoms with Crippen LogP contribution in [0.25, 0.3) is 0 Å². The molecule has 0 spiro atoms. The molecule has 0 aliphatic carbocycles. The van der Waals surface area contributed by atoms with Gasteiger partial charge in [0.2, 0.25) is 0 Å². The van der Waals surface area contributed by atoms with Crippen LogP contribution >= 0.6 is 7.60 Å². The van der Waals surface area contributed by atoms with Crippen molar-refractivity contribution in [2.75, 3.05) is 6.16 Å². The summed E-state index contributed by atoms with van der Waals surface area (Å²) in [4.78, 5) is 16.8. The van der Waals surface area contributed by atoms with Gasteiger partial charge in [-0.05, 0) is 12.8 Å². The van der Waals surface area contributed by atoms with Crippen molar-refractivity contribution >= 4 is 7.60 Å². The molecule has 0 aliphatic rings. The van der Waals surface area contributed by atoms with E-state index < -0.39 is 7.60 Å². The zero-order chi connectivity index (χ0) is 8.20. The first-order valence-corrected chi connectivity index (χ1v) is 5.05. The summed E-state index contributed by atoms with van der Waals surface area (Å²) in [5, 5.41) is 0. The Morgan fingerprint density at radius 1 is 1.60 bits per heavy atom. The van der Waals surface area contributed by atoms with Crippen LogP contribution in [-0.4, -0.2) is 22.0 Å². The Hall–Kier alpha value is 0.110. The van der Waals surface area contributed by atoms with Crippen LogP contribution in [0.2, 0.25) is 0 Å². The minimum Gasteiger partial charge on any atom is -0.328 e. The molecule has 0 rings (SSSR count). The summed E-state index contributed by atoms with van der Waals surface area (Å²) >= 11 is 0. The van der Waals surface area contributed by atoms with Crippen molar-refractivity contribution in [3.63, 3.8) is 0 Å². The fraction of sp³-hybridized carbons (Fsp3) is 1.00. The molecule has 62 valence electrons. The van der Waals surface area contributed by atoms with E-state index in [1.807, 2.05) is 6.92 Å². The van der Waals surface area contributed by atoms with Crippen LogP contribution in [0.15, 0.2) is 0 Å². The molecule has 0 saturated heterocycles. The molecule has 5 heteroatoms. The SMILES string of the molecule is CCC(N)CCP(=O)(O)O. The van der Waals surface area contributed by atoms with Gasteiger partial charge in [0, 0.05) is 6.04 Å². The van der Waals surface area contributed by atoms with Gasteiger partial charge in [-0.25, -0.2) is 0 Å². The fourth-order valence-corrected chi connectivity index (χ4v) is 1.21. The van der Waals surface area contributed by atoms with Crippen molar-refractivity contribution in [3.8, 4) is 0 Å². The maximum absolute atomic E-state index is 10.3. The summed E-state index contributed by atoms with van der Waals surface area (Å²) in [6.45, 7) is 1.89. The molecule has 0 saturated carbocycles. The van der Waals surface area contributed by atoms with Gasteiger partial charge in [0.1, 0.15) is 0 Å². The van der Waals surface area contributed by atoms with Gasteiger partial charge in [-0.15, -0.1) is 0 Å². The lowest BCUT2D eigenvalue weighted by atomic mass is 10.2. The van der Waals surface area contributed by atoms with Crippen molar-refractivity contribution in [2.24, 2.45) is 5.73 Å². The highest BCUT2D eigenvalue weighted by atomic mass is 31.2. The highest BCUT2D eigenvalue weighted by molar-refractivity contribution is 7.51. The Morgan fingerprint density at radius 3 is 2.40 bits per heavy atom. The second-order valence-corrected chi connectivity index (χ2v) is 4.12. The van der Waals surface area contributed by atoms with Crippen LogP contribution < -0.4 is 5.73 Å². The van der Waals surface area contributed by atoms with E-state index in [1.165, 1.54) is 0 Å². The maximum Gasteiger partial charge on any atom is 0.325 e. The summed E-state index contributed by atoms with van der Waals surface area (Å²) in [5.74, 6) is 0. The van der Waals surface area contributed by atoms with Crippen molar-refractivity contribution in [1.82, 2.24) is 0 Å². The third kappa shape index (κ3) is 6.23. The first-order valence-electron chi connectivity index (χ1n) is 3.26. The van der Waals surface area contributed by atoms with Crippen molar-refractivity contribution in [2.45, 2.75) is 25.8 Å².